The Balaban J connectivity index is 1.19. The van der Waals surface area contributed by atoms with E-state index in [9.17, 15) is 0 Å². The van der Waals surface area contributed by atoms with Gasteiger partial charge in [0.05, 0.1) is 0 Å². The number of nitrogens with one attached hydrogen (secondary N) is 1. The molecule has 1 aromatic carbocycles. The van der Waals surface area contributed by atoms with E-state index in [0.717, 1.165) is 69.2 Å². The van der Waals surface area contributed by atoms with E-state index >= 15 is 0 Å². The molecular formula is C24H33ClN6. The fourth-order valence-electron chi connectivity index (χ4n) is 4.47. The van der Waals surface area contributed by atoms with E-state index in [1.165, 1.54) is 18.4 Å². The van der Waals surface area contributed by atoms with Crippen molar-refractivity contribution < 1.29 is 0 Å². The number of guanidine groups is 1. The predicted molar refractivity (Wildman–Crippen MR) is 129 cm³/mol. The largest absolute Gasteiger partial charge is 0.356 e. The first kappa shape index (κ1) is 21.9. The van der Waals surface area contributed by atoms with Gasteiger partial charge in [0.15, 0.2) is 5.96 Å². The van der Waals surface area contributed by atoms with Gasteiger partial charge in [-0.05, 0) is 55.6 Å². The van der Waals surface area contributed by atoms with Gasteiger partial charge < -0.3 is 15.1 Å². The van der Waals surface area contributed by atoms with E-state index in [0.29, 0.717) is 5.92 Å². The number of rotatable bonds is 5. The molecule has 0 radical (unpaired) electrons. The van der Waals surface area contributed by atoms with Gasteiger partial charge in [-0.2, -0.15) is 0 Å². The third kappa shape index (κ3) is 5.89. The van der Waals surface area contributed by atoms with Crippen LogP contribution in [-0.4, -0.2) is 73.6 Å². The van der Waals surface area contributed by atoms with Crippen LogP contribution < -0.4 is 10.2 Å². The number of aliphatic imine (C=N–C) groups is 1. The molecule has 0 unspecified atom stereocenters. The fourth-order valence-corrected chi connectivity index (χ4v) is 4.67. The lowest BCUT2D eigenvalue weighted by molar-refractivity contribution is 0.177. The first-order chi connectivity index (χ1) is 15.2. The second kappa shape index (κ2) is 10.8. The lowest BCUT2D eigenvalue weighted by Gasteiger charge is -2.38. The van der Waals surface area contributed by atoms with Crippen LogP contribution >= 0.6 is 11.6 Å². The van der Waals surface area contributed by atoms with Crippen molar-refractivity contribution in [3.63, 3.8) is 0 Å². The predicted octanol–water partition coefficient (Wildman–Crippen LogP) is 3.34. The number of anilines is 1. The average Bonchev–Trinajstić information content (AvgIpc) is 2.83. The van der Waals surface area contributed by atoms with Crippen molar-refractivity contribution in [2.75, 3.05) is 57.8 Å². The van der Waals surface area contributed by atoms with Gasteiger partial charge in [-0.3, -0.25) is 9.89 Å². The van der Waals surface area contributed by atoms with Crippen molar-refractivity contribution in [3.8, 4) is 0 Å². The molecule has 1 aromatic heterocycles. The molecule has 2 saturated heterocycles. The highest BCUT2D eigenvalue weighted by Gasteiger charge is 2.23. The molecule has 2 aromatic rings. The first-order valence-electron chi connectivity index (χ1n) is 11.3. The molecule has 0 saturated carbocycles. The van der Waals surface area contributed by atoms with E-state index in [1.54, 1.807) is 0 Å². The van der Waals surface area contributed by atoms with Crippen LogP contribution in [0.4, 0.5) is 5.82 Å². The molecule has 7 heteroatoms. The summed E-state index contributed by atoms with van der Waals surface area (Å²) < 4.78 is 0. The summed E-state index contributed by atoms with van der Waals surface area (Å²) in [5, 5.41) is 4.51. The maximum Gasteiger partial charge on any atom is 0.193 e. The Bertz CT molecular complexity index is 842. The van der Waals surface area contributed by atoms with Gasteiger partial charge in [-0.15, -0.1) is 0 Å². The number of piperidine rings is 1. The normalized spacial score (nSPS) is 19.0. The number of benzene rings is 1. The summed E-state index contributed by atoms with van der Waals surface area (Å²) in [5.41, 5.74) is 1.23. The van der Waals surface area contributed by atoms with Crippen molar-refractivity contribution in [1.29, 1.82) is 0 Å². The van der Waals surface area contributed by atoms with E-state index in [4.69, 9.17) is 11.6 Å². The minimum atomic E-state index is 0.689. The molecule has 2 aliphatic heterocycles. The van der Waals surface area contributed by atoms with E-state index in [-0.39, 0.29) is 0 Å². The zero-order valence-electron chi connectivity index (χ0n) is 18.4. The molecule has 2 fully saturated rings. The topological polar surface area (TPSA) is 47.0 Å². The van der Waals surface area contributed by atoms with Crippen molar-refractivity contribution in [3.05, 3.63) is 59.2 Å². The summed E-state index contributed by atoms with van der Waals surface area (Å²) in [4.78, 5) is 16.3. The molecule has 0 atom stereocenters. The number of aromatic nitrogens is 1. The highest BCUT2D eigenvalue weighted by molar-refractivity contribution is 6.31. The molecule has 0 bridgehead atoms. The van der Waals surface area contributed by atoms with Gasteiger partial charge in [0.2, 0.25) is 0 Å². The van der Waals surface area contributed by atoms with E-state index in [2.05, 4.69) is 54.3 Å². The number of hydrogen-bond acceptors (Lipinski definition) is 4. The molecule has 4 rings (SSSR count). The summed E-state index contributed by atoms with van der Waals surface area (Å²) in [6.07, 6.45) is 4.28. The molecular weight excluding hydrogens is 408 g/mol. The number of nitrogens with zero attached hydrogens (tertiary/aromatic N) is 5. The summed E-state index contributed by atoms with van der Waals surface area (Å²) >= 11 is 6.33. The zero-order valence-corrected chi connectivity index (χ0v) is 19.1. The number of piperazine rings is 1. The van der Waals surface area contributed by atoms with Gasteiger partial charge in [0, 0.05) is 57.5 Å². The Kier molecular flexibility index (Phi) is 7.65. The Morgan fingerprint density at radius 1 is 1.03 bits per heavy atom. The lowest BCUT2D eigenvalue weighted by Crippen LogP contribution is -2.53. The van der Waals surface area contributed by atoms with Crippen LogP contribution in [0.25, 0.3) is 0 Å². The lowest BCUT2D eigenvalue weighted by atomic mass is 9.96. The van der Waals surface area contributed by atoms with Crippen molar-refractivity contribution in [1.82, 2.24) is 20.1 Å². The molecule has 0 spiro atoms. The Morgan fingerprint density at radius 2 is 1.77 bits per heavy atom. The van der Waals surface area contributed by atoms with Crippen molar-refractivity contribution in [2.45, 2.75) is 19.4 Å². The van der Waals surface area contributed by atoms with Crippen LogP contribution in [0, 0.1) is 5.92 Å². The smallest absolute Gasteiger partial charge is 0.193 e. The highest BCUT2D eigenvalue weighted by Crippen LogP contribution is 2.22. The van der Waals surface area contributed by atoms with Gasteiger partial charge in [0.1, 0.15) is 5.82 Å². The quantitative estimate of drug-likeness (QED) is 0.570. The highest BCUT2D eigenvalue weighted by atomic mass is 35.5. The van der Waals surface area contributed by atoms with Crippen LogP contribution in [0.5, 0.6) is 0 Å². The van der Waals surface area contributed by atoms with Crippen LogP contribution in [0.15, 0.2) is 53.7 Å². The average molecular weight is 441 g/mol. The third-order valence-electron chi connectivity index (χ3n) is 6.37. The molecule has 3 heterocycles. The van der Waals surface area contributed by atoms with Crippen LogP contribution in [0.2, 0.25) is 5.02 Å². The standard InChI is InChI=1S/C24H33ClN6/c1-26-24(31-16-14-30(15-17-31)23-8-4-5-11-27-23)28-18-20-9-12-29(13-10-20)19-21-6-2-3-7-22(21)25/h2-8,11,20H,9-10,12-19H2,1H3,(H,26,28). The summed E-state index contributed by atoms with van der Waals surface area (Å²) in [7, 11) is 1.89. The summed E-state index contributed by atoms with van der Waals surface area (Å²) in [6, 6.07) is 14.3. The molecule has 0 aliphatic carbocycles. The van der Waals surface area contributed by atoms with Gasteiger partial charge >= 0.3 is 0 Å². The molecule has 6 nitrogen and oxygen atoms in total. The Hall–Kier alpha value is -2.31. The molecule has 2 aliphatic rings. The SMILES string of the molecule is CN=C(NCC1CCN(Cc2ccccc2Cl)CC1)N1CCN(c2ccccn2)CC1. The van der Waals surface area contributed by atoms with E-state index < -0.39 is 0 Å². The van der Waals surface area contributed by atoms with Crippen LogP contribution in [0.3, 0.4) is 0 Å². The summed E-state index contributed by atoms with van der Waals surface area (Å²) in [6.45, 7) is 8.06. The maximum absolute atomic E-state index is 6.33. The summed E-state index contributed by atoms with van der Waals surface area (Å²) in [5.74, 6) is 2.78. The second-order valence-corrected chi connectivity index (χ2v) is 8.81. The first-order valence-corrected chi connectivity index (χ1v) is 11.7. The number of pyridine rings is 1. The fraction of sp³-hybridized carbons (Fsp3) is 0.500. The van der Waals surface area contributed by atoms with Crippen LogP contribution in [0.1, 0.15) is 18.4 Å². The monoisotopic (exact) mass is 440 g/mol. The minimum Gasteiger partial charge on any atom is -0.356 e. The molecule has 1 N–H and O–H groups in total. The molecule has 0 amide bonds. The molecule has 31 heavy (non-hydrogen) atoms. The Labute approximate surface area is 190 Å². The number of halogens is 1. The number of hydrogen-bond donors (Lipinski definition) is 1. The molecule has 166 valence electrons. The Morgan fingerprint density at radius 3 is 2.45 bits per heavy atom. The van der Waals surface area contributed by atoms with Gasteiger partial charge in [-0.25, -0.2) is 4.98 Å². The zero-order chi connectivity index (χ0) is 21.5. The number of likely N-dealkylation sites (tertiary alicyclic amines) is 1. The van der Waals surface area contributed by atoms with Crippen molar-refractivity contribution >= 4 is 23.4 Å². The van der Waals surface area contributed by atoms with Gasteiger partial charge in [-0.1, -0.05) is 35.9 Å². The van der Waals surface area contributed by atoms with Crippen molar-refractivity contribution in [2.24, 2.45) is 10.9 Å². The third-order valence-corrected chi connectivity index (χ3v) is 6.74. The van der Waals surface area contributed by atoms with E-state index in [1.807, 2.05) is 31.4 Å². The van der Waals surface area contributed by atoms with Crippen LogP contribution in [-0.2, 0) is 6.54 Å². The second-order valence-electron chi connectivity index (χ2n) is 8.40. The minimum absolute atomic E-state index is 0.689. The maximum atomic E-state index is 6.33. The van der Waals surface area contributed by atoms with Gasteiger partial charge in [0.25, 0.3) is 0 Å².